The number of benzene rings is 4. The largest absolute Gasteiger partial charge is 0.311 e. The van der Waals surface area contributed by atoms with E-state index in [0.29, 0.717) is 0 Å². The molecule has 0 atom stereocenters. The second-order valence-electron chi connectivity index (χ2n) is 12.8. The van der Waals surface area contributed by atoms with Gasteiger partial charge in [0, 0.05) is 34.4 Å². The van der Waals surface area contributed by atoms with Crippen molar-refractivity contribution in [3.63, 3.8) is 0 Å². The summed E-state index contributed by atoms with van der Waals surface area (Å²) < 4.78 is 0. The van der Waals surface area contributed by atoms with Crippen LogP contribution in [-0.2, 0) is 10.8 Å². The molecule has 40 heavy (non-hydrogen) atoms. The zero-order chi connectivity index (χ0) is 28.5. The van der Waals surface area contributed by atoms with Crippen molar-refractivity contribution >= 4 is 17.1 Å². The molecule has 0 radical (unpaired) electrons. The molecular formula is C38H40N2. The molecule has 0 amide bonds. The number of aryl methyl sites for hydroxylation is 1. The van der Waals surface area contributed by atoms with Crippen LogP contribution in [-0.4, -0.2) is 4.98 Å². The third kappa shape index (κ3) is 6.02. The van der Waals surface area contributed by atoms with Crippen LogP contribution in [0.15, 0.2) is 115 Å². The van der Waals surface area contributed by atoms with Crippen LogP contribution in [0, 0.1) is 6.92 Å². The SMILES string of the molecule is Cc1ccc(-c2ccc(-c3ccc(N(c4ccc(C(C)(C)C)cc4)c4ccc(C(C)(C)C)cc4)cc3)cn2)cc1. The van der Waals surface area contributed by atoms with Gasteiger partial charge in [0.1, 0.15) is 0 Å². The molecule has 2 nitrogen and oxygen atoms in total. The Hall–Kier alpha value is -4.17. The van der Waals surface area contributed by atoms with Crippen molar-refractivity contribution in [3.05, 3.63) is 132 Å². The van der Waals surface area contributed by atoms with Crippen molar-refractivity contribution in [2.45, 2.75) is 59.3 Å². The minimum absolute atomic E-state index is 0.113. The van der Waals surface area contributed by atoms with Gasteiger partial charge < -0.3 is 4.90 Å². The van der Waals surface area contributed by atoms with Crippen molar-refractivity contribution < 1.29 is 0 Å². The van der Waals surface area contributed by atoms with Gasteiger partial charge in [0.25, 0.3) is 0 Å². The number of rotatable bonds is 5. The van der Waals surface area contributed by atoms with E-state index in [0.717, 1.165) is 39.4 Å². The third-order valence-electron chi connectivity index (χ3n) is 7.55. The summed E-state index contributed by atoms with van der Waals surface area (Å²) in [5.74, 6) is 0. The summed E-state index contributed by atoms with van der Waals surface area (Å²) in [6.07, 6.45) is 1.97. The Morgan fingerprint density at radius 3 is 1.25 bits per heavy atom. The van der Waals surface area contributed by atoms with Crippen LogP contribution >= 0.6 is 0 Å². The van der Waals surface area contributed by atoms with Crippen LogP contribution in [0.1, 0.15) is 58.2 Å². The fraction of sp³-hybridized carbons (Fsp3) is 0.237. The third-order valence-corrected chi connectivity index (χ3v) is 7.55. The molecule has 2 heteroatoms. The van der Waals surface area contributed by atoms with E-state index in [2.05, 4.69) is 163 Å². The number of hydrogen-bond donors (Lipinski definition) is 0. The molecule has 0 saturated heterocycles. The quantitative estimate of drug-likeness (QED) is 0.227. The summed E-state index contributed by atoms with van der Waals surface area (Å²) in [6, 6.07) is 39.5. The number of hydrogen-bond acceptors (Lipinski definition) is 2. The minimum Gasteiger partial charge on any atom is -0.311 e. The molecule has 0 spiro atoms. The van der Waals surface area contributed by atoms with Gasteiger partial charge in [0.2, 0.25) is 0 Å². The monoisotopic (exact) mass is 524 g/mol. The van der Waals surface area contributed by atoms with Crippen molar-refractivity contribution in [1.82, 2.24) is 4.98 Å². The zero-order valence-electron chi connectivity index (χ0n) is 24.9. The topological polar surface area (TPSA) is 16.1 Å². The van der Waals surface area contributed by atoms with Gasteiger partial charge in [-0.25, -0.2) is 0 Å². The first-order valence-electron chi connectivity index (χ1n) is 14.1. The van der Waals surface area contributed by atoms with Gasteiger partial charge in [-0.05, 0) is 76.9 Å². The first kappa shape index (κ1) is 27.4. The molecule has 0 fully saturated rings. The number of nitrogens with zero attached hydrogens (tertiary/aromatic N) is 2. The van der Waals surface area contributed by atoms with Crippen LogP contribution in [0.25, 0.3) is 22.4 Å². The summed E-state index contributed by atoms with van der Waals surface area (Å²) in [5, 5.41) is 0. The fourth-order valence-electron chi connectivity index (χ4n) is 4.93. The standard InChI is InChI=1S/C38H40N2/c1-27-8-10-29(11-9-27)36-25-14-30(26-39-36)28-12-19-33(20-13-28)40(34-21-15-31(16-22-34)37(2,3)4)35-23-17-32(18-24-35)38(5,6)7/h8-26H,1-7H3. The van der Waals surface area contributed by atoms with E-state index in [9.17, 15) is 0 Å². The van der Waals surface area contributed by atoms with Gasteiger partial charge in [0.15, 0.2) is 0 Å². The Labute approximate surface area is 240 Å². The Balaban J connectivity index is 1.47. The van der Waals surface area contributed by atoms with Gasteiger partial charge >= 0.3 is 0 Å². The fourth-order valence-corrected chi connectivity index (χ4v) is 4.93. The summed E-state index contributed by atoms with van der Waals surface area (Å²) in [6.45, 7) is 15.6. The molecule has 0 aliphatic carbocycles. The van der Waals surface area contributed by atoms with Gasteiger partial charge in [-0.15, -0.1) is 0 Å². The molecule has 0 unspecified atom stereocenters. The maximum Gasteiger partial charge on any atom is 0.0702 e. The van der Waals surface area contributed by atoms with Crippen molar-refractivity contribution in [2.24, 2.45) is 0 Å². The summed E-state index contributed by atoms with van der Waals surface area (Å²) in [4.78, 5) is 7.09. The molecule has 5 aromatic rings. The minimum atomic E-state index is 0.113. The number of pyridine rings is 1. The van der Waals surface area contributed by atoms with E-state index < -0.39 is 0 Å². The second kappa shape index (κ2) is 10.8. The van der Waals surface area contributed by atoms with Crippen LogP contribution in [0.2, 0.25) is 0 Å². The van der Waals surface area contributed by atoms with E-state index in [1.54, 1.807) is 0 Å². The highest BCUT2D eigenvalue weighted by atomic mass is 15.1. The van der Waals surface area contributed by atoms with Crippen LogP contribution in [0.4, 0.5) is 17.1 Å². The zero-order valence-corrected chi connectivity index (χ0v) is 24.9. The average molecular weight is 525 g/mol. The van der Waals surface area contributed by atoms with E-state index in [-0.39, 0.29) is 10.8 Å². The summed E-state index contributed by atoms with van der Waals surface area (Å²) in [7, 11) is 0. The van der Waals surface area contributed by atoms with Crippen molar-refractivity contribution in [3.8, 4) is 22.4 Å². The first-order valence-corrected chi connectivity index (χ1v) is 14.1. The van der Waals surface area contributed by atoms with E-state index in [1.807, 2.05) is 6.20 Å². The lowest BCUT2D eigenvalue weighted by atomic mass is 9.86. The van der Waals surface area contributed by atoms with Gasteiger partial charge in [-0.3, -0.25) is 4.98 Å². The van der Waals surface area contributed by atoms with Gasteiger partial charge in [-0.2, -0.15) is 0 Å². The smallest absolute Gasteiger partial charge is 0.0702 e. The van der Waals surface area contributed by atoms with Crippen molar-refractivity contribution in [2.75, 3.05) is 4.90 Å². The molecule has 0 aliphatic rings. The van der Waals surface area contributed by atoms with Gasteiger partial charge in [0.05, 0.1) is 5.69 Å². The van der Waals surface area contributed by atoms with Crippen LogP contribution in [0.5, 0.6) is 0 Å². The lowest BCUT2D eigenvalue weighted by Crippen LogP contribution is -2.14. The molecule has 0 bridgehead atoms. The molecular weight excluding hydrogens is 484 g/mol. The first-order chi connectivity index (χ1) is 19.0. The maximum atomic E-state index is 4.75. The highest BCUT2D eigenvalue weighted by Crippen LogP contribution is 2.38. The summed E-state index contributed by atoms with van der Waals surface area (Å²) in [5.41, 5.74) is 11.9. The van der Waals surface area contributed by atoms with E-state index in [1.165, 1.54) is 16.7 Å². The Morgan fingerprint density at radius 2 is 0.850 bits per heavy atom. The second-order valence-corrected chi connectivity index (χ2v) is 12.8. The number of aromatic nitrogens is 1. The average Bonchev–Trinajstić information content (AvgIpc) is 2.94. The van der Waals surface area contributed by atoms with Gasteiger partial charge in [-0.1, -0.05) is 114 Å². The predicted octanol–water partition coefficient (Wildman–Crippen LogP) is 10.8. The molecule has 5 rings (SSSR count). The Kier molecular flexibility index (Phi) is 7.38. The normalized spacial score (nSPS) is 11.9. The molecule has 4 aromatic carbocycles. The molecule has 202 valence electrons. The van der Waals surface area contributed by atoms with E-state index >= 15 is 0 Å². The molecule has 0 saturated carbocycles. The predicted molar refractivity (Wildman–Crippen MR) is 172 cm³/mol. The molecule has 1 aromatic heterocycles. The van der Waals surface area contributed by atoms with E-state index in [4.69, 9.17) is 4.98 Å². The highest BCUT2D eigenvalue weighted by Gasteiger charge is 2.18. The summed E-state index contributed by atoms with van der Waals surface area (Å²) >= 11 is 0. The Morgan fingerprint density at radius 1 is 0.450 bits per heavy atom. The number of anilines is 3. The maximum absolute atomic E-state index is 4.75. The van der Waals surface area contributed by atoms with Crippen LogP contribution < -0.4 is 4.90 Å². The Bertz CT molecular complexity index is 1490. The van der Waals surface area contributed by atoms with Crippen LogP contribution in [0.3, 0.4) is 0 Å². The molecule has 1 heterocycles. The van der Waals surface area contributed by atoms with Crippen molar-refractivity contribution in [1.29, 1.82) is 0 Å². The lowest BCUT2D eigenvalue weighted by Gasteiger charge is -2.28. The molecule has 0 aliphatic heterocycles. The lowest BCUT2D eigenvalue weighted by molar-refractivity contribution is 0.590. The molecule has 0 N–H and O–H groups in total. The highest BCUT2D eigenvalue weighted by molar-refractivity contribution is 5.78.